The Balaban J connectivity index is 1.66. The van der Waals surface area contributed by atoms with Crippen molar-refractivity contribution in [1.29, 1.82) is 0 Å². The molecular weight excluding hydrogens is 371 g/mol. The lowest BCUT2D eigenvalue weighted by atomic mass is 10.3. The first-order valence-corrected chi connectivity index (χ1v) is 9.04. The van der Waals surface area contributed by atoms with Crippen LogP contribution in [0.15, 0.2) is 23.6 Å². The summed E-state index contributed by atoms with van der Waals surface area (Å²) in [6.45, 7) is 5.88. The molecule has 0 bridgehead atoms. The van der Waals surface area contributed by atoms with E-state index in [1.165, 1.54) is 17.7 Å². The first kappa shape index (κ1) is 17.5. The predicted octanol–water partition coefficient (Wildman–Crippen LogP) is 1.85. The molecule has 0 aliphatic carbocycles. The third kappa shape index (κ3) is 3.64. The number of hydrogen-bond donors (Lipinski definition) is 2. The van der Waals surface area contributed by atoms with Gasteiger partial charge in [0.05, 0.1) is 25.5 Å². The average molecular weight is 388 g/mol. The molecule has 4 rings (SSSR count). The van der Waals surface area contributed by atoms with Crippen LogP contribution >= 0.6 is 11.3 Å². The van der Waals surface area contributed by atoms with E-state index in [0.717, 1.165) is 6.20 Å². The van der Waals surface area contributed by atoms with Gasteiger partial charge in [-0.1, -0.05) is 11.3 Å². The zero-order valence-electron chi connectivity index (χ0n) is 14.3. The fourth-order valence-electron chi connectivity index (χ4n) is 2.81. The summed E-state index contributed by atoms with van der Waals surface area (Å²) in [5.74, 6) is 0.788. The number of halogens is 1. The molecule has 0 spiro atoms. The lowest BCUT2D eigenvalue weighted by Gasteiger charge is -2.31. The van der Waals surface area contributed by atoms with Crippen LogP contribution in [0.3, 0.4) is 0 Å². The van der Waals surface area contributed by atoms with Crippen LogP contribution in [0.1, 0.15) is 0 Å². The summed E-state index contributed by atoms with van der Waals surface area (Å²) < 4.78 is 20.6. The van der Waals surface area contributed by atoms with E-state index in [1.54, 1.807) is 6.07 Å². The summed E-state index contributed by atoms with van der Waals surface area (Å²) in [6, 6.07) is 1.58. The Bertz CT molecular complexity index is 980. The number of aromatic nitrogens is 4. The van der Waals surface area contributed by atoms with Crippen molar-refractivity contribution in [3.63, 3.8) is 0 Å². The van der Waals surface area contributed by atoms with E-state index in [0.29, 0.717) is 53.5 Å². The number of nitrogen functional groups attached to an aromatic ring is 1. The highest BCUT2D eigenvalue weighted by Gasteiger charge is 2.24. The van der Waals surface area contributed by atoms with Gasteiger partial charge >= 0.3 is 0 Å². The number of nitrogens with zero attached hydrogens (tertiary/aromatic N) is 6. The van der Waals surface area contributed by atoms with Crippen LogP contribution in [-0.2, 0) is 4.74 Å². The smallest absolute Gasteiger partial charge is 0.186 e. The van der Waals surface area contributed by atoms with Gasteiger partial charge in [-0.2, -0.15) is 0 Å². The number of nitrogens with two attached hydrogens (primary N) is 1. The van der Waals surface area contributed by atoms with Crippen molar-refractivity contribution in [2.24, 2.45) is 4.99 Å². The molecule has 0 aromatic carbocycles. The van der Waals surface area contributed by atoms with Crippen LogP contribution in [0.4, 0.5) is 27.0 Å². The molecule has 11 heteroatoms. The molecule has 1 aliphatic rings. The molecule has 1 atom stereocenters. The van der Waals surface area contributed by atoms with Crippen molar-refractivity contribution in [3.05, 3.63) is 24.4 Å². The van der Waals surface area contributed by atoms with E-state index >= 15 is 0 Å². The molecule has 0 radical (unpaired) electrons. The summed E-state index contributed by atoms with van der Waals surface area (Å²) in [5, 5.41) is 3.76. The number of rotatable bonds is 5. The highest BCUT2D eigenvalue weighted by atomic mass is 32.1. The monoisotopic (exact) mass is 388 g/mol. The first-order chi connectivity index (χ1) is 13.1. The van der Waals surface area contributed by atoms with Gasteiger partial charge in [-0.3, -0.25) is 4.99 Å². The molecule has 9 nitrogen and oxygen atoms in total. The van der Waals surface area contributed by atoms with Gasteiger partial charge < -0.3 is 20.7 Å². The number of pyridine rings is 1. The van der Waals surface area contributed by atoms with Crippen LogP contribution in [0.25, 0.3) is 10.2 Å². The minimum Gasteiger partial charge on any atom is -0.384 e. The second-order valence-electron chi connectivity index (χ2n) is 5.93. The van der Waals surface area contributed by atoms with Crippen molar-refractivity contribution < 1.29 is 9.13 Å². The van der Waals surface area contributed by atoms with E-state index in [-0.39, 0.29) is 11.6 Å². The molecule has 3 aromatic rings. The van der Waals surface area contributed by atoms with Crippen LogP contribution in [0.5, 0.6) is 0 Å². The van der Waals surface area contributed by atoms with E-state index in [4.69, 9.17) is 10.5 Å². The second kappa shape index (κ2) is 7.37. The minimum atomic E-state index is -0.474. The van der Waals surface area contributed by atoms with Gasteiger partial charge in [-0.05, 0) is 6.72 Å². The van der Waals surface area contributed by atoms with Gasteiger partial charge in [0.15, 0.2) is 16.8 Å². The third-order valence-electron chi connectivity index (χ3n) is 4.04. The van der Waals surface area contributed by atoms with Crippen molar-refractivity contribution in [2.75, 3.05) is 42.2 Å². The van der Waals surface area contributed by atoms with Gasteiger partial charge in [0.25, 0.3) is 0 Å². The van der Waals surface area contributed by atoms with Crippen molar-refractivity contribution in [2.45, 2.75) is 6.10 Å². The molecule has 0 amide bonds. The van der Waals surface area contributed by atoms with Crippen LogP contribution in [0.2, 0.25) is 0 Å². The molecule has 1 unspecified atom stereocenters. The lowest BCUT2D eigenvalue weighted by molar-refractivity contribution is 0.0470. The number of aliphatic imine (C=N–C) groups is 1. The number of ether oxygens (including phenoxy) is 1. The van der Waals surface area contributed by atoms with E-state index in [1.807, 2.05) is 0 Å². The lowest BCUT2D eigenvalue weighted by Crippen LogP contribution is -2.43. The molecule has 27 heavy (non-hydrogen) atoms. The molecule has 1 fully saturated rings. The highest BCUT2D eigenvalue weighted by Crippen LogP contribution is 2.35. The molecule has 1 aliphatic heterocycles. The summed E-state index contributed by atoms with van der Waals surface area (Å²) in [6.07, 6.45) is 2.44. The van der Waals surface area contributed by atoms with E-state index in [2.05, 4.69) is 41.9 Å². The minimum absolute atomic E-state index is 0.0483. The Hall–Kier alpha value is -2.92. The molecule has 0 saturated carbocycles. The SMILES string of the molecule is C=NCC1CN(c2nc3c(F)cnc(Nc4cc(N)ncn4)c3s2)CCO1. The normalized spacial score (nSPS) is 17.2. The highest BCUT2D eigenvalue weighted by molar-refractivity contribution is 7.22. The number of morpholine rings is 1. The molecule has 3 aromatic heterocycles. The zero-order valence-corrected chi connectivity index (χ0v) is 15.1. The molecule has 140 valence electrons. The summed E-state index contributed by atoms with van der Waals surface area (Å²) in [4.78, 5) is 22.5. The number of fused-ring (bicyclic) bond motifs is 1. The van der Waals surface area contributed by atoms with Crippen molar-refractivity contribution in [3.8, 4) is 0 Å². The van der Waals surface area contributed by atoms with E-state index in [9.17, 15) is 4.39 Å². The quantitative estimate of drug-likeness (QED) is 0.637. The topological polar surface area (TPSA) is 114 Å². The van der Waals surface area contributed by atoms with E-state index < -0.39 is 5.82 Å². The van der Waals surface area contributed by atoms with Gasteiger partial charge in [0, 0.05) is 19.2 Å². The fourth-order valence-corrected chi connectivity index (χ4v) is 3.86. The average Bonchev–Trinajstić information content (AvgIpc) is 3.11. The molecule has 4 heterocycles. The zero-order chi connectivity index (χ0) is 18.8. The van der Waals surface area contributed by atoms with Crippen LogP contribution in [0, 0.1) is 5.82 Å². The molecular formula is C16H17FN8OS. The Labute approximate surface area is 158 Å². The fraction of sp³-hybridized carbons (Fsp3) is 0.312. The Kier molecular flexibility index (Phi) is 4.77. The maximum absolute atomic E-state index is 14.3. The van der Waals surface area contributed by atoms with Gasteiger partial charge in [-0.15, -0.1) is 0 Å². The number of nitrogens with one attached hydrogen (secondary N) is 1. The maximum Gasteiger partial charge on any atom is 0.186 e. The van der Waals surface area contributed by atoms with Crippen LogP contribution < -0.4 is 16.0 Å². The third-order valence-corrected chi connectivity index (χ3v) is 5.16. The largest absolute Gasteiger partial charge is 0.384 e. The summed E-state index contributed by atoms with van der Waals surface area (Å²) in [5.41, 5.74) is 5.94. The van der Waals surface area contributed by atoms with Crippen LogP contribution in [-0.4, -0.2) is 59.0 Å². The predicted molar refractivity (Wildman–Crippen MR) is 103 cm³/mol. The Morgan fingerprint density at radius 1 is 1.44 bits per heavy atom. The van der Waals surface area contributed by atoms with Gasteiger partial charge in [-0.25, -0.2) is 24.3 Å². The second-order valence-corrected chi connectivity index (χ2v) is 6.90. The number of hydrogen-bond acceptors (Lipinski definition) is 10. The summed E-state index contributed by atoms with van der Waals surface area (Å²) >= 11 is 1.36. The number of anilines is 4. The van der Waals surface area contributed by atoms with Gasteiger partial charge in [0.1, 0.15) is 28.2 Å². The first-order valence-electron chi connectivity index (χ1n) is 8.22. The number of thiazole rings is 1. The maximum atomic E-state index is 14.3. The standard InChI is InChI=1S/C16H17FN8OS/c1-19-5-9-7-25(2-3-26-9)16-24-13-10(17)6-20-15(14(13)27-16)23-12-4-11(18)21-8-22-12/h4,6,8-9H,1-3,5,7H2,(H3,18,20,21,22,23). The van der Waals surface area contributed by atoms with Crippen molar-refractivity contribution >= 4 is 50.9 Å². The molecule has 1 saturated heterocycles. The molecule has 3 N–H and O–H groups in total. The Morgan fingerprint density at radius 2 is 2.33 bits per heavy atom. The Morgan fingerprint density at radius 3 is 3.15 bits per heavy atom. The van der Waals surface area contributed by atoms with Gasteiger partial charge in [0.2, 0.25) is 0 Å². The summed E-state index contributed by atoms with van der Waals surface area (Å²) in [7, 11) is 0. The van der Waals surface area contributed by atoms with Crippen molar-refractivity contribution in [1.82, 2.24) is 19.9 Å².